The number of carbonyl (C=O) groups is 2. The normalized spacial score (nSPS) is 4.73. The van der Waals surface area contributed by atoms with Crippen LogP contribution in [-0.4, -0.2) is 62.3 Å². The molecule has 0 unspecified atom stereocenters. The molecule has 0 aromatic rings. The van der Waals surface area contributed by atoms with Crippen LogP contribution < -0.4 is 0 Å². The third kappa shape index (κ3) is 949. The van der Waals surface area contributed by atoms with Crippen molar-refractivity contribution in [2.45, 2.75) is 0 Å². The zero-order chi connectivity index (χ0) is 9.15. The summed E-state index contributed by atoms with van der Waals surface area (Å²) in [5.41, 5.74) is 0. The fourth-order valence-electron chi connectivity index (χ4n) is 0. The van der Waals surface area contributed by atoms with Gasteiger partial charge in [-0.15, -0.1) is 13.2 Å². The summed E-state index contributed by atoms with van der Waals surface area (Å²) >= 11 is 0. The van der Waals surface area contributed by atoms with Gasteiger partial charge in [0.1, 0.15) is 0 Å². The first-order chi connectivity index (χ1) is 4.46. The first-order valence-corrected chi connectivity index (χ1v) is 1.80. The van der Waals surface area contributed by atoms with Gasteiger partial charge < -0.3 is 20.4 Å². The molecule has 0 saturated carbocycles. The summed E-state index contributed by atoms with van der Waals surface area (Å²) in [5.74, 6) is 0. The Morgan fingerprint density at radius 1 is 0.818 bits per heavy atom. The molecular formula is C4H9NaO6. The predicted octanol–water partition coefficient (Wildman–Crippen LogP) is 0.598. The molecule has 6 nitrogen and oxygen atoms in total. The van der Waals surface area contributed by atoms with Crippen LogP contribution in [0.5, 0.6) is 0 Å². The van der Waals surface area contributed by atoms with Gasteiger partial charge in [0.15, 0.2) is 0 Å². The van der Waals surface area contributed by atoms with E-state index in [1.807, 2.05) is 0 Å². The minimum absolute atomic E-state index is 0. The Hall–Kier alpha value is -0.720. The van der Waals surface area contributed by atoms with Crippen molar-refractivity contribution in [2.24, 2.45) is 0 Å². The molecule has 0 bridgehead atoms. The molecule has 0 spiro atoms. The predicted molar refractivity (Wildman–Crippen MR) is 39.7 cm³/mol. The van der Waals surface area contributed by atoms with Gasteiger partial charge in [-0.05, 0) is 0 Å². The molecule has 0 amide bonds. The number of rotatable bonds is 0. The molecule has 0 saturated heterocycles. The summed E-state index contributed by atoms with van der Waals surface area (Å²) in [6.45, 7) is 6.00. The van der Waals surface area contributed by atoms with Crippen molar-refractivity contribution in [1.29, 1.82) is 0 Å². The van der Waals surface area contributed by atoms with Crippen molar-refractivity contribution in [1.82, 2.24) is 0 Å². The van der Waals surface area contributed by atoms with Gasteiger partial charge in [0, 0.05) is 0 Å². The van der Waals surface area contributed by atoms with Crippen molar-refractivity contribution in [3.63, 3.8) is 0 Å². The van der Waals surface area contributed by atoms with E-state index < -0.39 is 12.3 Å². The molecule has 0 aromatic carbocycles. The van der Waals surface area contributed by atoms with Crippen molar-refractivity contribution in [3.05, 3.63) is 13.2 Å². The van der Waals surface area contributed by atoms with E-state index in [0.29, 0.717) is 0 Å². The average molecular weight is 176 g/mol. The van der Waals surface area contributed by atoms with Gasteiger partial charge in [0.25, 0.3) is 0 Å². The SMILES string of the molecule is C=C.O=C(O)O.O=C(O)O.[NaH]. The van der Waals surface area contributed by atoms with E-state index in [1.165, 1.54) is 0 Å². The second kappa shape index (κ2) is 22.8. The summed E-state index contributed by atoms with van der Waals surface area (Å²) in [6.07, 6.45) is -3.67. The summed E-state index contributed by atoms with van der Waals surface area (Å²) in [4.78, 5) is 17.1. The van der Waals surface area contributed by atoms with E-state index in [0.717, 1.165) is 0 Å². The van der Waals surface area contributed by atoms with Gasteiger partial charge in [0.2, 0.25) is 0 Å². The van der Waals surface area contributed by atoms with Crippen molar-refractivity contribution >= 4 is 41.9 Å². The zero-order valence-corrected chi connectivity index (χ0v) is 5.02. The van der Waals surface area contributed by atoms with Crippen LogP contribution in [0, 0.1) is 0 Å². The second-order valence-corrected chi connectivity index (χ2v) is 0.565. The van der Waals surface area contributed by atoms with Crippen LogP contribution in [0.1, 0.15) is 0 Å². The van der Waals surface area contributed by atoms with Crippen LogP contribution in [0.15, 0.2) is 13.2 Å². The third-order valence-corrected chi connectivity index (χ3v) is 0. The van der Waals surface area contributed by atoms with Crippen LogP contribution >= 0.6 is 0 Å². The third-order valence-electron chi connectivity index (χ3n) is 0. The van der Waals surface area contributed by atoms with Crippen molar-refractivity contribution in [3.8, 4) is 0 Å². The Bertz CT molecular complexity index is 82.8. The van der Waals surface area contributed by atoms with E-state index in [1.54, 1.807) is 0 Å². The molecule has 0 aromatic heterocycles. The molecule has 11 heavy (non-hydrogen) atoms. The molecule has 0 fully saturated rings. The van der Waals surface area contributed by atoms with Crippen molar-refractivity contribution in [2.75, 3.05) is 0 Å². The van der Waals surface area contributed by atoms with E-state index in [2.05, 4.69) is 13.2 Å². The molecule has 7 heteroatoms. The number of hydrogen-bond donors (Lipinski definition) is 4. The van der Waals surface area contributed by atoms with Gasteiger partial charge in [-0.25, -0.2) is 9.59 Å². The summed E-state index contributed by atoms with van der Waals surface area (Å²) in [6, 6.07) is 0. The van der Waals surface area contributed by atoms with E-state index in [-0.39, 0.29) is 29.6 Å². The fourth-order valence-corrected chi connectivity index (χ4v) is 0. The molecular weight excluding hydrogens is 167 g/mol. The molecule has 4 N–H and O–H groups in total. The Kier molecular flexibility index (Phi) is 46.6. The van der Waals surface area contributed by atoms with Crippen LogP contribution in [-0.2, 0) is 0 Å². The molecule has 0 rings (SSSR count). The number of hydrogen-bond acceptors (Lipinski definition) is 2. The van der Waals surface area contributed by atoms with Crippen LogP contribution in [0.4, 0.5) is 9.59 Å². The molecule has 62 valence electrons. The van der Waals surface area contributed by atoms with E-state index in [4.69, 9.17) is 30.0 Å². The Labute approximate surface area is 85.1 Å². The molecule has 0 radical (unpaired) electrons. The maximum absolute atomic E-state index is 8.56. The Balaban J connectivity index is -0.0000000339. The average Bonchev–Trinajstić information content (AvgIpc) is 1.66. The van der Waals surface area contributed by atoms with Crippen LogP contribution in [0.2, 0.25) is 0 Å². The minimum atomic E-state index is -1.83. The Morgan fingerprint density at radius 2 is 0.818 bits per heavy atom. The first kappa shape index (κ1) is 22.4. The molecule has 0 heterocycles. The quantitative estimate of drug-likeness (QED) is 0.317. The van der Waals surface area contributed by atoms with Crippen molar-refractivity contribution < 1.29 is 30.0 Å². The molecule has 0 atom stereocenters. The van der Waals surface area contributed by atoms with Crippen LogP contribution in [0.3, 0.4) is 0 Å². The number of carboxylic acid groups (broad SMARTS) is 4. The van der Waals surface area contributed by atoms with Crippen LogP contribution in [0.25, 0.3) is 0 Å². The Morgan fingerprint density at radius 3 is 0.818 bits per heavy atom. The molecule has 0 aliphatic heterocycles. The molecule has 0 aliphatic rings. The van der Waals surface area contributed by atoms with Gasteiger partial charge in [-0.3, -0.25) is 0 Å². The topological polar surface area (TPSA) is 115 Å². The standard InChI is InChI=1S/C2H4.2CH2O3.Na.H/c1-2;2*2-1(3)4;;/h1-2H2;2*(H2,2,3,4);;. The van der Waals surface area contributed by atoms with Gasteiger partial charge in [-0.2, -0.15) is 0 Å². The second-order valence-electron chi connectivity index (χ2n) is 0.565. The molecule has 0 aliphatic carbocycles. The summed E-state index contributed by atoms with van der Waals surface area (Å²) in [5, 5.41) is 27.9. The fraction of sp³-hybridized carbons (Fsp3) is 0. The maximum atomic E-state index is 8.56. The van der Waals surface area contributed by atoms with Gasteiger partial charge in [0.05, 0.1) is 0 Å². The summed E-state index contributed by atoms with van der Waals surface area (Å²) < 4.78 is 0. The monoisotopic (exact) mass is 176 g/mol. The van der Waals surface area contributed by atoms with E-state index >= 15 is 0 Å². The zero-order valence-electron chi connectivity index (χ0n) is 5.02. The van der Waals surface area contributed by atoms with E-state index in [9.17, 15) is 0 Å². The van der Waals surface area contributed by atoms with Gasteiger partial charge in [-0.1, -0.05) is 0 Å². The van der Waals surface area contributed by atoms with Gasteiger partial charge >= 0.3 is 41.9 Å². The first-order valence-electron chi connectivity index (χ1n) is 1.80. The summed E-state index contributed by atoms with van der Waals surface area (Å²) in [7, 11) is 0.